The first kappa shape index (κ1) is 18.7. The van der Waals surface area contributed by atoms with Gasteiger partial charge in [0.25, 0.3) is 0 Å². The van der Waals surface area contributed by atoms with Gasteiger partial charge in [0.15, 0.2) is 0 Å². The second kappa shape index (κ2) is 8.61. The number of hydrogen-bond donors (Lipinski definition) is 1. The molecule has 0 bridgehead atoms. The van der Waals surface area contributed by atoms with E-state index >= 15 is 0 Å². The number of carbonyl (C=O) groups excluding carboxylic acids is 1. The number of oxime groups is 1. The molecule has 5 heteroatoms. The molecule has 0 saturated heterocycles. The van der Waals surface area contributed by atoms with Crippen LogP contribution in [0.1, 0.15) is 24.0 Å². The predicted octanol–water partition coefficient (Wildman–Crippen LogP) is 5.65. The lowest BCUT2D eigenvalue weighted by molar-refractivity contribution is 0.166. The molecule has 0 unspecified atom stereocenters. The predicted molar refractivity (Wildman–Crippen MR) is 114 cm³/mol. The Kier molecular flexibility index (Phi) is 5.56. The molecule has 1 aliphatic rings. The van der Waals surface area contributed by atoms with E-state index in [-0.39, 0.29) is 0 Å². The Bertz CT molecular complexity index is 1050. The van der Waals surface area contributed by atoms with Crippen LogP contribution < -0.4 is 10.1 Å². The zero-order valence-electron chi connectivity index (χ0n) is 16.2. The van der Waals surface area contributed by atoms with Crippen LogP contribution in [0.15, 0.2) is 78.0 Å². The molecule has 3 aromatic rings. The van der Waals surface area contributed by atoms with Gasteiger partial charge < -0.3 is 4.74 Å². The van der Waals surface area contributed by atoms with Crippen LogP contribution in [0, 0.1) is 0 Å². The first-order valence-corrected chi connectivity index (χ1v) is 9.61. The lowest BCUT2D eigenvalue weighted by Crippen LogP contribution is -2.16. The van der Waals surface area contributed by atoms with E-state index in [2.05, 4.69) is 10.5 Å². The minimum atomic E-state index is -0.610. The zero-order valence-corrected chi connectivity index (χ0v) is 16.2. The fourth-order valence-corrected chi connectivity index (χ4v) is 3.55. The highest BCUT2D eigenvalue weighted by atomic mass is 16.7. The summed E-state index contributed by atoms with van der Waals surface area (Å²) < 4.78 is 5.29. The van der Waals surface area contributed by atoms with Crippen LogP contribution in [-0.2, 0) is 11.3 Å². The Morgan fingerprint density at radius 3 is 2.55 bits per heavy atom. The van der Waals surface area contributed by atoms with Crippen molar-refractivity contribution in [3.8, 4) is 16.9 Å². The van der Waals surface area contributed by atoms with Crippen LogP contribution in [0.3, 0.4) is 0 Å². The molecule has 1 amide bonds. The normalized spacial score (nSPS) is 14.2. The third kappa shape index (κ3) is 4.29. The molecule has 0 fully saturated rings. The molecule has 0 spiro atoms. The van der Waals surface area contributed by atoms with Gasteiger partial charge in [-0.15, -0.1) is 0 Å². The largest absolute Gasteiger partial charge is 0.497 e. The van der Waals surface area contributed by atoms with E-state index in [1.807, 2.05) is 72.8 Å². The van der Waals surface area contributed by atoms with Crippen molar-refractivity contribution in [1.29, 1.82) is 0 Å². The Morgan fingerprint density at radius 1 is 0.931 bits per heavy atom. The highest BCUT2D eigenvalue weighted by molar-refractivity contribution is 6.03. The monoisotopic (exact) mass is 386 g/mol. The maximum atomic E-state index is 12.4. The van der Waals surface area contributed by atoms with Crippen LogP contribution in [0.5, 0.6) is 5.75 Å². The summed E-state index contributed by atoms with van der Waals surface area (Å²) in [7, 11) is 1.65. The molecule has 0 heterocycles. The van der Waals surface area contributed by atoms with Gasteiger partial charge in [0.05, 0.1) is 18.5 Å². The van der Waals surface area contributed by atoms with Crippen LogP contribution >= 0.6 is 0 Å². The van der Waals surface area contributed by atoms with Crippen molar-refractivity contribution in [2.45, 2.75) is 19.3 Å². The third-order valence-electron chi connectivity index (χ3n) is 4.97. The van der Waals surface area contributed by atoms with Gasteiger partial charge in [-0.3, -0.25) is 10.2 Å². The standard InChI is InChI=1S/C24H22N2O3/c1-28-19-14-15-21-18(16-19)10-7-13-23(21)26-29-24(27)25-22-12-6-5-11-20(22)17-8-3-2-4-9-17/h2-6,8-9,11-12,14-16H,7,10,13H2,1H3,(H,25,27). The molecule has 5 nitrogen and oxygen atoms in total. The van der Waals surface area contributed by atoms with Gasteiger partial charge in [-0.2, -0.15) is 0 Å². The molecule has 29 heavy (non-hydrogen) atoms. The number of amides is 1. The van der Waals surface area contributed by atoms with E-state index in [4.69, 9.17) is 9.57 Å². The number of ether oxygens (including phenoxy) is 1. The summed E-state index contributed by atoms with van der Waals surface area (Å²) in [4.78, 5) is 17.6. The molecule has 0 aromatic heterocycles. The maximum absolute atomic E-state index is 12.4. The molecule has 0 radical (unpaired) electrons. The van der Waals surface area contributed by atoms with E-state index in [1.165, 1.54) is 0 Å². The maximum Gasteiger partial charge on any atom is 0.437 e. The first-order valence-electron chi connectivity index (χ1n) is 9.61. The molecule has 3 aromatic carbocycles. The number of fused-ring (bicyclic) bond motifs is 1. The summed E-state index contributed by atoms with van der Waals surface area (Å²) in [6.07, 6.45) is 2.08. The quantitative estimate of drug-likeness (QED) is 0.465. The number of benzene rings is 3. The lowest BCUT2D eigenvalue weighted by Gasteiger charge is -2.18. The molecule has 0 aliphatic heterocycles. The summed E-state index contributed by atoms with van der Waals surface area (Å²) in [6, 6.07) is 23.4. The average molecular weight is 386 g/mol. The number of para-hydroxylation sites is 1. The van der Waals surface area contributed by atoms with Gasteiger partial charge in [-0.25, -0.2) is 4.79 Å². The number of rotatable bonds is 4. The molecule has 0 atom stereocenters. The Labute approximate surface area is 170 Å². The van der Waals surface area contributed by atoms with Crippen molar-refractivity contribution >= 4 is 17.5 Å². The first-order chi connectivity index (χ1) is 14.2. The van der Waals surface area contributed by atoms with E-state index in [9.17, 15) is 4.79 Å². The summed E-state index contributed by atoms with van der Waals surface area (Å²) in [5.74, 6) is 0.821. The van der Waals surface area contributed by atoms with Crippen molar-refractivity contribution in [2.24, 2.45) is 5.16 Å². The fraction of sp³-hybridized carbons (Fsp3) is 0.167. The minimum absolute atomic E-state index is 0.610. The summed E-state index contributed by atoms with van der Waals surface area (Å²) in [6.45, 7) is 0. The van der Waals surface area contributed by atoms with Crippen molar-refractivity contribution in [3.63, 3.8) is 0 Å². The fourth-order valence-electron chi connectivity index (χ4n) is 3.55. The number of hydrogen-bond acceptors (Lipinski definition) is 4. The van der Waals surface area contributed by atoms with E-state index in [0.717, 1.165) is 53.0 Å². The minimum Gasteiger partial charge on any atom is -0.497 e. The van der Waals surface area contributed by atoms with Crippen molar-refractivity contribution in [1.82, 2.24) is 0 Å². The van der Waals surface area contributed by atoms with Gasteiger partial charge >= 0.3 is 6.09 Å². The topological polar surface area (TPSA) is 59.9 Å². The molecule has 1 aliphatic carbocycles. The molecular weight excluding hydrogens is 364 g/mol. The smallest absolute Gasteiger partial charge is 0.437 e. The Balaban J connectivity index is 1.50. The van der Waals surface area contributed by atoms with E-state index in [0.29, 0.717) is 5.69 Å². The molecule has 1 N–H and O–H groups in total. The van der Waals surface area contributed by atoms with Crippen LogP contribution in [0.4, 0.5) is 10.5 Å². The van der Waals surface area contributed by atoms with Crippen LogP contribution in [0.25, 0.3) is 11.1 Å². The second-order valence-corrected chi connectivity index (χ2v) is 6.83. The Hall–Kier alpha value is -3.60. The summed E-state index contributed by atoms with van der Waals surface area (Å²) in [5.41, 5.74) is 5.57. The highest BCUT2D eigenvalue weighted by Gasteiger charge is 2.18. The zero-order chi connectivity index (χ0) is 20.1. The van der Waals surface area contributed by atoms with Gasteiger partial charge in [0.1, 0.15) is 5.75 Å². The van der Waals surface area contributed by atoms with E-state index in [1.54, 1.807) is 7.11 Å². The SMILES string of the molecule is COc1ccc2c(c1)CCCC2=NOC(=O)Nc1ccccc1-c1ccccc1. The van der Waals surface area contributed by atoms with Gasteiger partial charge in [0.2, 0.25) is 0 Å². The summed E-state index contributed by atoms with van der Waals surface area (Å²) >= 11 is 0. The number of methoxy groups -OCH3 is 1. The highest BCUT2D eigenvalue weighted by Crippen LogP contribution is 2.28. The molecular formula is C24H22N2O3. The number of carbonyl (C=O) groups is 1. The molecule has 0 saturated carbocycles. The lowest BCUT2D eigenvalue weighted by atomic mass is 9.90. The number of nitrogens with one attached hydrogen (secondary N) is 1. The molecule has 146 valence electrons. The average Bonchev–Trinajstić information content (AvgIpc) is 2.78. The van der Waals surface area contributed by atoms with Crippen LogP contribution in [0.2, 0.25) is 0 Å². The van der Waals surface area contributed by atoms with Gasteiger partial charge in [-0.05, 0) is 54.7 Å². The van der Waals surface area contributed by atoms with E-state index < -0.39 is 6.09 Å². The third-order valence-corrected chi connectivity index (χ3v) is 4.97. The number of anilines is 1. The Morgan fingerprint density at radius 2 is 1.72 bits per heavy atom. The number of nitrogens with zero attached hydrogens (tertiary/aromatic N) is 1. The second-order valence-electron chi connectivity index (χ2n) is 6.83. The van der Waals surface area contributed by atoms with Crippen LogP contribution in [-0.4, -0.2) is 18.9 Å². The number of aryl methyl sites for hydroxylation is 1. The molecule has 4 rings (SSSR count). The van der Waals surface area contributed by atoms with Crippen molar-refractivity contribution < 1.29 is 14.4 Å². The van der Waals surface area contributed by atoms with Gasteiger partial charge in [0, 0.05) is 11.1 Å². The van der Waals surface area contributed by atoms with Gasteiger partial charge in [-0.1, -0.05) is 53.7 Å². The summed E-state index contributed by atoms with van der Waals surface area (Å²) in [5, 5.41) is 6.94. The van der Waals surface area contributed by atoms with Crippen molar-refractivity contribution in [2.75, 3.05) is 12.4 Å². The van der Waals surface area contributed by atoms with Crippen molar-refractivity contribution in [3.05, 3.63) is 83.9 Å².